The maximum Gasteiger partial charge on any atom is 0.248 e. The smallest absolute Gasteiger partial charge is 0.248 e. The first-order valence-corrected chi connectivity index (χ1v) is 10.6. The lowest BCUT2D eigenvalue weighted by Crippen LogP contribution is -2.48. The van der Waals surface area contributed by atoms with Crippen molar-refractivity contribution in [2.24, 2.45) is 0 Å². The Morgan fingerprint density at radius 3 is 2.64 bits per heavy atom. The molecule has 1 N–H and O–H groups in total. The molecule has 7 nitrogen and oxygen atoms in total. The number of likely N-dealkylation sites (N-methyl/N-ethyl adjacent to an activating group) is 1. The third kappa shape index (κ3) is 5.03. The normalized spacial score (nSPS) is 16.3. The summed E-state index contributed by atoms with van der Waals surface area (Å²) in [6.07, 6.45) is 6.35. The zero-order valence-electron chi connectivity index (χ0n) is 15.8. The van der Waals surface area contributed by atoms with Crippen molar-refractivity contribution >= 4 is 27.7 Å². The summed E-state index contributed by atoms with van der Waals surface area (Å²) >= 11 is 0. The van der Waals surface area contributed by atoms with Crippen molar-refractivity contribution in [2.45, 2.75) is 11.8 Å². The van der Waals surface area contributed by atoms with E-state index in [1.165, 1.54) is 16.4 Å². The molecule has 1 amide bonds. The molecule has 0 aliphatic carbocycles. The number of hydrogen-bond donors (Lipinski definition) is 1. The van der Waals surface area contributed by atoms with Gasteiger partial charge in [0.25, 0.3) is 0 Å². The Hall–Kier alpha value is -2.55. The molecule has 28 heavy (non-hydrogen) atoms. The molecule has 0 saturated carbocycles. The van der Waals surface area contributed by atoms with Gasteiger partial charge in [0.15, 0.2) is 0 Å². The lowest BCUT2D eigenvalue weighted by Gasteiger charge is -2.33. The molecule has 1 aromatic heterocycles. The van der Waals surface area contributed by atoms with Crippen molar-refractivity contribution in [2.75, 3.05) is 38.0 Å². The molecular weight excluding hydrogens is 376 g/mol. The van der Waals surface area contributed by atoms with E-state index < -0.39 is 10.0 Å². The van der Waals surface area contributed by atoms with Gasteiger partial charge in [0.1, 0.15) is 0 Å². The maximum absolute atomic E-state index is 12.9. The summed E-state index contributed by atoms with van der Waals surface area (Å²) in [5.41, 5.74) is 1.24. The third-order valence-corrected chi connectivity index (χ3v) is 6.52. The highest BCUT2D eigenvalue weighted by molar-refractivity contribution is 7.89. The summed E-state index contributed by atoms with van der Waals surface area (Å²) in [5.74, 6) is -0.338. The van der Waals surface area contributed by atoms with Gasteiger partial charge >= 0.3 is 0 Å². The van der Waals surface area contributed by atoms with Crippen LogP contribution in [0.1, 0.15) is 12.5 Å². The van der Waals surface area contributed by atoms with Gasteiger partial charge in [0.05, 0.1) is 4.90 Å². The highest BCUT2D eigenvalue weighted by Gasteiger charge is 2.28. The lowest BCUT2D eigenvalue weighted by atomic mass is 10.2. The first-order valence-electron chi connectivity index (χ1n) is 9.20. The molecule has 2 aromatic rings. The van der Waals surface area contributed by atoms with E-state index in [0.29, 0.717) is 18.8 Å². The minimum absolute atomic E-state index is 0.187. The quantitative estimate of drug-likeness (QED) is 0.751. The summed E-state index contributed by atoms with van der Waals surface area (Å²) in [5, 5.41) is 2.71. The van der Waals surface area contributed by atoms with Gasteiger partial charge in [-0.2, -0.15) is 4.31 Å². The van der Waals surface area contributed by atoms with Crippen LogP contribution in [0.3, 0.4) is 0 Å². The number of hydrogen-bond acceptors (Lipinski definition) is 5. The van der Waals surface area contributed by atoms with Gasteiger partial charge in [-0.25, -0.2) is 8.42 Å². The Morgan fingerprint density at radius 1 is 1.18 bits per heavy atom. The van der Waals surface area contributed by atoms with Gasteiger partial charge in [0.2, 0.25) is 15.9 Å². The van der Waals surface area contributed by atoms with Crippen LogP contribution in [-0.4, -0.2) is 61.2 Å². The number of pyridine rings is 1. The van der Waals surface area contributed by atoms with Crippen LogP contribution in [0.5, 0.6) is 0 Å². The van der Waals surface area contributed by atoms with Crippen LogP contribution in [0.25, 0.3) is 6.08 Å². The Bertz CT molecular complexity index is 937. The van der Waals surface area contributed by atoms with E-state index in [-0.39, 0.29) is 10.8 Å². The molecule has 0 unspecified atom stereocenters. The number of nitrogens with one attached hydrogen (secondary N) is 1. The van der Waals surface area contributed by atoms with Gasteiger partial charge in [-0.3, -0.25) is 9.78 Å². The number of amides is 1. The van der Waals surface area contributed by atoms with E-state index in [9.17, 15) is 13.2 Å². The van der Waals surface area contributed by atoms with E-state index in [1.807, 2.05) is 6.07 Å². The number of aromatic nitrogens is 1. The molecule has 3 rings (SSSR count). The second kappa shape index (κ2) is 9.09. The van der Waals surface area contributed by atoms with E-state index >= 15 is 0 Å². The molecule has 1 aliphatic rings. The Labute approximate surface area is 165 Å². The van der Waals surface area contributed by atoms with Gasteiger partial charge in [-0.1, -0.05) is 19.1 Å². The number of sulfonamides is 1. The van der Waals surface area contributed by atoms with Crippen molar-refractivity contribution in [3.63, 3.8) is 0 Å². The van der Waals surface area contributed by atoms with Gasteiger partial charge in [-0.05, 0) is 42.4 Å². The highest BCUT2D eigenvalue weighted by atomic mass is 32.2. The molecule has 148 valence electrons. The van der Waals surface area contributed by atoms with E-state index in [2.05, 4.69) is 22.1 Å². The van der Waals surface area contributed by atoms with E-state index in [1.54, 1.807) is 42.7 Å². The third-order valence-electron chi connectivity index (χ3n) is 4.63. The standard InChI is InChI=1S/C20H24N4O3S/c1-2-23-11-13-24(14-12-23)28(26,27)19-7-3-6-18(15-19)22-20(25)9-8-17-5-4-10-21-16-17/h3-10,15-16H,2,11-14H2,1H3,(H,22,25)/b9-8+. The summed E-state index contributed by atoms with van der Waals surface area (Å²) in [6, 6.07) is 9.98. The summed E-state index contributed by atoms with van der Waals surface area (Å²) in [4.78, 5) is 18.5. The minimum Gasteiger partial charge on any atom is -0.322 e. The number of carbonyl (C=O) groups is 1. The summed E-state index contributed by atoms with van der Waals surface area (Å²) < 4.78 is 27.3. The SMILES string of the molecule is CCN1CCN(S(=O)(=O)c2cccc(NC(=O)/C=C/c3cccnc3)c2)CC1. The predicted molar refractivity (Wildman–Crippen MR) is 109 cm³/mol. The van der Waals surface area contributed by atoms with Crippen molar-refractivity contribution in [3.8, 4) is 0 Å². The maximum atomic E-state index is 12.9. The molecule has 0 atom stereocenters. The second-order valence-electron chi connectivity index (χ2n) is 6.48. The topological polar surface area (TPSA) is 82.6 Å². The van der Waals surface area contributed by atoms with Crippen LogP contribution in [0, 0.1) is 0 Å². The minimum atomic E-state index is -3.58. The van der Waals surface area contributed by atoms with Crippen LogP contribution in [0.15, 0.2) is 59.8 Å². The Morgan fingerprint density at radius 2 is 1.96 bits per heavy atom. The lowest BCUT2D eigenvalue weighted by molar-refractivity contribution is -0.111. The molecule has 1 aliphatic heterocycles. The van der Waals surface area contributed by atoms with Crippen molar-refractivity contribution < 1.29 is 13.2 Å². The number of nitrogens with zero attached hydrogens (tertiary/aromatic N) is 3. The molecule has 0 spiro atoms. The van der Waals surface area contributed by atoms with Gasteiger partial charge in [0, 0.05) is 50.3 Å². The highest BCUT2D eigenvalue weighted by Crippen LogP contribution is 2.21. The van der Waals surface area contributed by atoms with Gasteiger partial charge < -0.3 is 10.2 Å². The molecule has 8 heteroatoms. The molecule has 1 saturated heterocycles. The van der Waals surface area contributed by atoms with Crippen LogP contribution in [-0.2, 0) is 14.8 Å². The fourth-order valence-corrected chi connectivity index (χ4v) is 4.47. The second-order valence-corrected chi connectivity index (χ2v) is 8.41. The van der Waals surface area contributed by atoms with Crippen molar-refractivity contribution in [1.82, 2.24) is 14.2 Å². The van der Waals surface area contributed by atoms with Crippen LogP contribution < -0.4 is 5.32 Å². The average molecular weight is 401 g/mol. The molecule has 1 aromatic carbocycles. The monoisotopic (exact) mass is 400 g/mol. The van der Waals surface area contributed by atoms with E-state index in [0.717, 1.165) is 25.2 Å². The summed E-state index contributed by atoms with van der Waals surface area (Å²) in [6.45, 7) is 5.39. The van der Waals surface area contributed by atoms with Crippen LogP contribution in [0.4, 0.5) is 5.69 Å². The Kier molecular flexibility index (Phi) is 6.56. The number of benzene rings is 1. The zero-order valence-corrected chi connectivity index (χ0v) is 16.6. The van der Waals surface area contributed by atoms with Gasteiger partial charge in [-0.15, -0.1) is 0 Å². The number of piperazine rings is 1. The average Bonchev–Trinajstić information content (AvgIpc) is 2.73. The largest absolute Gasteiger partial charge is 0.322 e. The molecule has 1 fully saturated rings. The molecular formula is C20H24N4O3S. The summed E-state index contributed by atoms with van der Waals surface area (Å²) in [7, 11) is -3.58. The van der Waals surface area contributed by atoms with Crippen molar-refractivity contribution in [3.05, 3.63) is 60.4 Å². The van der Waals surface area contributed by atoms with Crippen LogP contribution >= 0.6 is 0 Å². The first-order chi connectivity index (χ1) is 13.5. The predicted octanol–water partition coefficient (Wildman–Crippen LogP) is 2.06. The van der Waals surface area contributed by atoms with E-state index in [4.69, 9.17) is 0 Å². The molecule has 0 radical (unpaired) electrons. The number of anilines is 1. The zero-order chi connectivity index (χ0) is 20.0. The van der Waals surface area contributed by atoms with Crippen LogP contribution in [0.2, 0.25) is 0 Å². The molecule has 2 heterocycles. The number of rotatable bonds is 6. The first kappa shape index (κ1) is 20.2. The fraction of sp³-hybridized carbons (Fsp3) is 0.300. The fourth-order valence-electron chi connectivity index (χ4n) is 3.00. The molecule has 0 bridgehead atoms. The Balaban J connectivity index is 1.68. The number of carbonyl (C=O) groups excluding carboxylic acids is 1. The van der Waals surface area contributed by atoms with Crippen molar-refractivity contribution in [1.29, 1.82) is 0 Å².